The molecule has 0 fully saturated rings. The molecule has 1 N–H and O–H groups in total. The van der Waals surface area contributed by atoms with E-state index >= 15 is 0 Å². The first-order valence-corrected chi connectivity index (χ1v) is 6.28. The lowest BCUT2D eigenvalue weighted by Crippen LogP contribution is -1.95. The molecule has 0 spiro atoms. The van der Waals surface area contributed by atoms with Crippen molar-refractivity contribution in [3.63, 3.8) is 0 Å². The van der Waals surface area contributed by atoms with Crippen LogP contribution in [0.1, 0.15) is 0 Å². The molecule has 0 amide bonds. The Morgan fingerprint density at radius 2 is 1.89 bits per heavy atom. The van der Waals surface area contributed by atoms with Gasteiger partial charge in [0.2, 0.25) is 0 Å². The predicted octanol–water partition coefficient (Wildman–Crippen LogP) is 4.08. The standard InChI is InChI=1S/C13H8Cl2N4/c14-12-6-11(13(15)19-18-12)17-10-3-1-2-8-7-16-5-4-9(8)10/h1-7H,(H,17,18). The van der Waals surface area contributed by atoms with Gasteiger partial charge in [-0.25, -0.2) is 0 Å². The zero-order valence-corrected chi connectivity index (χ0v) is 11.2. The van der Waals surface area contributed by atoms with Crippen LogP contribution in [0.15, 0.2) is 42.7 Å². The number of hydrogen-bond acceptors (Lipinski definition) is 4. The molecule has 0 aliphatic carbocycles. The molecule has 3 rings (SSSR count). The Morgan fingerprint density at radius 1 is 1.00 bits per heavy atom. The van der Waals surface area contributed by atoms with Gasteiger partial charge < -0.3 is 5.32 Å². The number of halogens is 2. The SMILES string of the molecule is Clc1cc(Nc2cccc3cnccc23)c(Cl)nn1. The first kappa shape index (κ1) is 12.1. The molecule has 0 unspecified atom stereocenters. The molecule has 4 nitrogen and oxygen atoms in total. The maximum Gasteiger partial charge on any atom is 0.175 e. The third-order valence-electron chi connectivity index (χ3n) is 2.67. The molecular formula is C13H8Cl2N4. The third-order valence-corrected chi connectivity index (χ3v) is 3.13. The highest BCUT2D eigenvalue weighted by Crippen LogP contribution is 2.29. The number of pyridine rings is 1. The molecule has 0 atom stereocenters. The van der Waals surface area contributed by atoms with E-state index in [2.05, 4.69) is 20.5 Å². The third kappa shape index (κ3) is 2.45. The second-order valence-corrected chi connectivity index (χ2v) is 4.64. The summed E-state index contributed by atoms with van der Waals surface area (Å²) >= 11 is 11.8. The second-order valence-electron chi connectivity index (χ2n) is 3.90. The monoisotopic (exact) mass is 290 g/mol. The molecule has 3 aromatic rings. The Hall–Kier alpha value is -1.91. The molecule has 19 heavy (non-hydrogen) atoms. The molecule has 0 aliphatic rings. The highest BCUT2D eigenvalue weighted by molar-refractivity contribution is 6.33. The first-order valence-electron chi connectivity index (χ1n) is 5.52. The number of benzene rings is 1. The van der Waals surface area contributed by atoms with Gasteiger partial charge in [0.1, 0.15) is 0 Å². The summed E-state index contributed by atoms with van der Waals surface area (Å²) in [6.07, 6.45) is 3.55. The topological polar surface area (TPSA) is 50.7 Å². The van der Waals surface area contributed by atoms with Crippen molar-refractivity contribution in [2.45, 2.75) is 0 Å². The van der Waals surface area contributed by atoms with Crippen LogP contribution in [0.25, 0.3) is 10.8 Å². The van der Waals surface area contributed by atoms with Gasteiger partial charge in [-0.3, -0.25) is 4.98 Å². The van der Waals surface area contributed by atoms with Crippen molar-refractivity contribution in [3.05, 3.63) is 53.0 Å². The number of rotatable bonds is 2. The van der Waals surface area contributed by atoms with Gasteiger partial charge >= 0.3 is 0 Å². The van der Waals surface area contributed by atoms with Crippen molar-refractivity contribution in [2.24, 2.45) is 0 Å². The molecule has 0 bridgehead atoms. The van der Waals surface area contributed by atoms with Crippen LogP contribution in [0.5, 0.6) is 0 Å². The molecule has 94 valence electrons. The van der Waals surface area contributed by atoms with Crippen LogP contribution < -0.4 is 5.32 Å². The minimum atomic E-state index is 0.274. The number of fused-ring (bicyclic) bond motifs is 1. The minimum Gasteiger partial charge on any atom is -0.352 e. The Labute approximate surface area is 119 Å². The molecule has 6 heteroatoms. The van der Waals surface area contributed by atoms with E-state index in [4.69, 9.17) is 23.2 Å². The number of anilines is 2. The zero-order chi connectivity index (χ0) is 13.2. The Kier molecular flexibility index (Phi) is 3.19. The lowest BCUT2D eigenvalue weighted by molar-refractivity contribution is 1.03. The van der Waals surface area contributed by atoms with Gasteiger partial charge in [0, 0.05) is 34.9 Å². The van der Waals surface area contributed by atoms with Crippen LogP contribution in [0.3, 0.4) is 0 Å². The van der Waals surface area contributed by atoms with E-state index in [0.29, 0.717) is 5.69 Å². The predicted molar refractivity (Wildman–Crippen MR) is 77.1 cm³/mol. The lowest BCUT2D eigenvalue weighted by Gasteiger charge is -2.10. The quantitative estimate of drug-likeness (QED) is 0.773. The van der Waals surface area contributed by atoms with Gasteiger partial charge in [-0.05, 0) is 12.1 Å². The lowest BCUT2D eigenvalue weighted by atomic mass is 10.1. The largest absolute Gasteiger partial charge is 0.352 e. The first-order chi connectivity index (χ1) is 9.24. The minimum absolute atomic E-state index is 0.274. The summed E-state index contributed by atoms with van der Waals surface area (Å²) in [5.41, 5.74) is 1.52. The Morgan fingerprint density at radius 3 is 2.79 bits per heavy atom. The van der Waals surface area contributed by atoms with E-state index in [1.165, 1.54) is 0 Å². The van der Waals surface area contributed by atoms with Gasteiger partial charge in [0.15, 0.2) is 10.3 Å². The fourth-order valence-corrected chi connectivity index (χ4v) is 2.10. The summed E-state index contributed by atoms with van der Waals surface area (Å²) in [6, 6.07) is 9.45. The number of nitrogens with zero attached hydrogens (tertiary/aromatic N) is 3. The van der Waals surface area contributed by atoms with Crippen molar-refractivity contribution in [1.82, 2.24) is 15.2 Å². The normalized spacial score (nSPS) is 10.6. The maximum absolute atomic E-state index is 5.99. The summed E-state index contributed by atoms with van der Waals surface area (Å²) in [5, 5.41) is 13.3. The fourth-order valence-electron chi connectivity index (χ4n) is 1.82. The van der Waals surface area contributed by atoms with E-state index in [1.54, 1.807) is 18.5 Å². The van der Waals surface area contributed by atoms with Gasteiger partial charge in [0.25, 0.3) is 0 Å². The van der Waals surface area contributed by atoms with Crippen molar-refractivity contribution in [2.75, 3.05) is 5.32 Å². The van der Waals surface area contributed by atoms with E-state index in [9.17, 15) is 0 Å². The van der Waals surface area contributed by atoms with E-state index in [0.717, 1.165) is 16.5 Å². The van der Waals surface area contributed by atoms with Crippen molar-refractivity contribution in [1.29, 1.82) is 0 Å². The number of hydrogen-bond donors (Lipinski definition) is 1. The van der Waals surface area contributed by atoms with Crippen LogP contribution in [0.2, 0.25) is 10.3 Å². The van der Waals surface area contributed by atoms with Crippen LogP contribution in [-0.4, -0.2) is 15.2 Å². The molecule has 0 saturated carbocycles. The summed E-state index contributed by atoms with van der Waals surface area (Å²) in [7, 11) is 0. The van der Waals surface area contributed by atoms with Crippen molar-refractivity contribution < 1.29 is 0 Å². The van der Waals surface area contributed by atoms with Crippen molar-refractivity contribution >= 4 is 45.3 Å². The fraction of sp³-hybridized carbons (Fsp3) is 0. The Bertz CT molecular complexity index is 740. The average molecular weight is 291 g/mol. The molecule has 2 aromatic heterocycles. The molecule has 1 aromatic carbocycles. The zero-order valence-electron chi connectivity index (χ0n) is 9.64. The average Bonchev–Trinajstić information content (AvgIpc) is 2.43. The van der Waals surface area contributed by atoms with E-state index < -0.39 is 0 Å². The summed E-state index contributed by atoms with van der Waals surface area (Å²) < 4.78 is 0. The second kappa shape index (κ2) is 4.99. The summed E-state index contributed by atoms with van der Waals surface area (Å²) in [5.74, 6) is 0. The van der Waals surface area contributed by atoms with Gasteiger partial charge in [-0.2, -0.15) is 0 Å². The summed E-state index contributed by atoms with van der Waals surface area (Å²) in [6.45, 7) is 0. The van der Waals surface area contributed by atoms with Crippen LogP contribution in [0, 0.1) is 0 Å². The van der Waals surface area contributed by atoms with E-state index in [1.807, 2.05) is 24.3 Å². The molecule has 0 radical (unpaired) electrons. The molecule has 0 aliphatic heterocycles. The molecule has 0 saturated heterocycles. The van der Waals surface area contributed by atoms with Crippen LogP contribution in [-0.2, 0) is 0 Å². The van der Waals surface area contributed by atoms with Gasteiger partial charge in [0.05, 0.1) is 5.69 Å². The highest BCUT2D eigenvalue weighted by Gasteiger charge is 2.06. The smallest absolute Gasteiger partial charge is 0.175 e. The van der Waals surface area contributed by atoms with Crippen LogP contribution >= 0.6 is 23.2 Å². The summed E-state index contributed by atoms with van der Waals surface area (Å²) in [4.78, 5) is 4.10. The van der Waals surface area contributed by atoms with Gasteiger partial charge in [-0.1, -0.05) is 35.3 Å². The number of aromatic nitrogens is 3. The molecule has 2 heterocycles. The maximum atomic E-state index is 5.99. The Balaban J connectivity index is 2.08. The highest BCUT2D eigenvalue weighted by atomic mass is 35.5. The van der Waals surface area contributed by atoms with Gasteiger partial charge in [-0.15, -0.1) is 10.2 Å². The van der Waals surface area contributed by atoms with Crippen molar-refractivity contribution in [3.8, 4) is 0 Å². The number of nitrogens with one attached hydrogen (secondary N) is 1. The van der Waals surface area contributed by atoms with E-state index in [-0.39, 0.29) is 10.3 Å². The van der Waals surface area contributed by atoms with Crippen LogP contribution in [0.4, 0.5) is 11.4 Å². The molecular weight excluding hydrogens is 283 g/mol.